The molecule has 2 aromatic rings. The third kappa shape index (κ3) is 4.00. The molecule has 0 saturated heterocycles. The largest absolute Gasteiger partial charge is 0.351 e. The first-order valence-corrected chi connectivity index (χ1v) is 11.4. The molecular formula is C19H24N2O3S2. The molecule has 1 amide bonds. The highest BCUT2D eigenvalue weighted by atomic mass is 32.2. The standard InChI is InChI=1S/C19H24N2O3S2/c1-13-12-16-8-11-25-18(16)14(2)21(13)10-9-20-19(22)15-4-6-17(7-5-15)26(3,23)24/h4-8,11,13-14H,9-10,12H2,1-3H3,(H,20,22)/t13-,14+/m1/s1. The number of carbonyl (C=O) groups excluding carboxylic acids is 1. The lowest BCUT2D eigenvalue weighted by atomic mass is 9.97. The third-order valence-corrected chi connectivity index (χ3v) is 7.20. The Hall–Kier alpha value is -1.70. The molecule has 1 aromatic carbocycles. The molecule has 1 aliphatic heterocycles. The normalized spacial score (nSPS) is 20.6. The summed E-state index contributed by atoms with van der Waals surface area (Å²) in [5.74, 6) is -0.181. The number of hydrogen-bond donors (Lipinski definition) is 1. The minimum atomic E-state index is -3.25. The maximum atomic E-state index is 12.3. The maximum Gasteiger partial charge on any atom is 0.251 e. The minimum absolute atomic E-state index is 0.181. The van der Waals surface area contributed by atoms with E-state index in [0.29, 0.717) is 24.2 Å². The van der Waals surface area contributed by atoms with Crippen molar-refractivity contribution in [3.05, 3.63) is 51.7 Å². The van der Waals surface area contributed by atoms with Crippen LogP contribution in [0, 0.1) is 0 Å². The molecule has 1 aliphatic rings. The van der Waals surface area contributed by atoms with E-state index in [2.05, 4.69) is 35.5 Å². The van der Waals surface area contributed by atoms with Crippen molar-refractivity contribution in [2.75, 3.05) is 19.3 Å². The summed E-state index contributed by atoms with van der Waals surface area (Å²) in [6.07, 6.45) is 2.20. The Balaban J connectivity index is 1.57. The summed E-state index contributed by atoms with van der Waals surface area (Å²) >= 11 is 1.80. The van der Waals surface area contributed by atoms with E-state index < -0.39 is 9.84 Å². The van der Waals surface area contributed by atoms with Gasteiger partial charge in [0.15, 0.2) is 9.84 Å². The number of carbonyl (C=O) groups is 1. The van der Waals surface area contributed by atoms with Crippen LogP contribution < -0.4 is 5.32 Å². The summed E-state index contributed by atoms with van der Waals surface area (Å²) in [4.78, 5) is 16.4. The van der Waals surface area contributed by atoms with Gasteiger partial charge < -0.3 is 5.32 Å². The molecule has 5 nitrogen and oxygen atoms in total. The molecule has 3 rings (SSSR count). The molecule has 140 valence electrons. The van der Waals surface area contributed by atoms with Crippen molar-refractivity contribution in [2.24, 2.45) is 0 Å². The van der Waals surface area contributed by atoms with Crippen molar-refractivity contribution < 1.29 is 13.2 Å². The second-order valence-electron chi connectivity index (χ2n) is 6.83. The zero-order valence-electron chi connectivity index (χ0n) is 15.2. The van der Waals surface area contributed by atoms with Gasteiger partial charge in [0.05, 0.1) is 4.90 Å². The van der Waals surface area contributed by atoms with Crippen LogP contribution in [-0.4, -0.2) is 44.6 Å². The van der Waals surface area contributed by atoms with Crippen LogP contribution in [0.15, 0.2) is 40.6 Å². The number of sulfone groups is 1. The predicted octanol–water partition coefficient (Wildman–Crippen LogP) is 2.89. The molecule has 1 aromatic heterocycles. The van der Waals surface area contributed by atoms with Crippen molar-refractivity contribution >= 4 is 27.1 Å². The third-order valence-electron chi connectivity index (χ3n) is 4.94. The molecule has 0 aliphatic carbocycles. The molecule has 0 spiro atoms. The van der Waals surface area contributed by atoms with Crippen molar-refractivity contribution in [3.8, 4) is 0 Å². The molecule has 0 unspecified atom stereocenters. The summed E-state index contributed by atoms with van der Waals surface area (Å²) in [5.41, 5.74) is 1.92. The van der Waals surface area contributed by atoms with E-state index in [0.717, 1.165) is 19.2 Å². The molecule has 1 N–H and O–H groups in total. The fourth-order valence-electron chi connectivity index (χ4n) is 3.52. The molecule has 0 bridgehead atoms. The highest BCUT2D eigenvalue weighted by molar-refractivity contribution is 7.90. The highest BCUT2D eigenvalue weighted by Gasteiger charge is 2.29. The van der Waals surface area contributed by atoms with Gasteiger partial charge in [-0.1, -0.05) is 0 Å². The van der Waals surface area contributed by atoms with Crippen molar-refractivity contribution in [2.45, 2.75) is 37.2 Å². The van der Waals surface area contributed by atoms with Gasteiger partial charge in [0.2, 0.25) is 0 Å². The zero-order valence-corrected chi connectivity index (χ0v) is 16.9. The Labute approximate surface area is 159 Å². The first-order valence-electron chi connectivity index (χ1n) is 8.67. The van der Waals surface area contributed by atoms with E-state index in [1.807, 2.05) is 0 Å². The molecule has 26 heavy (non-hydrogen) atoms. The van der Waals surface area contributed by atoms with Gasteiger partial charge in [0.25, 0.3) is 5.91 Å². The number of benzene rings is 1. The van der Waals surface area contributed by atoms with E-state index in [9.17, 15) is 13.2 Å². The molecule has 0 saturated carbocycles. The average Bonchev–Trinajstić information content (AvgIpc) is 3.05. The van der Waals surface area contributed by atoms with Gasteiger partial charge in [-0.3, -0.25) is 9.69 Å². The fourth-order valence-corrected chi connectivity index (χ4v) is 5.16. The highest BCUT2D eigenvalue weighted by Crippen LogP contribution is 2.35. The van der Waals surface area contributed by atoms with Crippen LogP contribution in [0.25, 0.3) is 0 Å². The van der Waals surface area contributed by atoms with Gasteiger partial charge in [-0.05, 0) is 61.5 Å². The van der Waals surface area contributed by atoms with Crippen LogP contribution in [0.5, 0.6) is 0 Å². The number of thiophene rings is 1. The van der Waals surface area contributed by atoms with Crippen molar-refractivity contribution in [3.63, 3.8) is 0 Å². The van der Waals surface area contributed by atoms with Gasteiger partial charge in [-0.2, -0.15) is 0 Å². The van der Waals surface area contributed by atoms with Crippen LogP contribution in [0.3, 0.4) is 0 Å². The van der Waals surface area contributed by atoms with E-state index in [-0.39, 0.29) is 10.8 Å². The minimum Gasteiger partial charge on any atom is -0.351 e. The number of nitrogens with one attached hydrogen (secondary N) is 1. The Morgan fingerprint density at radius 2 is 1.92 bits per heavy atom. The lowest BCUT2D eigenvalue weighted by Crippen LogP contribution is -2.44. The van der Waals surface area contributed by atoms with Crippen LogP contribution in [0.4, 0.5) is 0 Å². The molecule has 0 fully saturated rings. The summed E-state index contributed by atoms with van der Waals surface area (Å²) < 4.78 is 23.0. The topological polar surface area (TPSA) is 66.5 Å². The summed E-state index contributed by atoms with van der Waals surface area (Å²) in [6.45, 7) is 5.79. The zero-order chi connectivity index (χ0) is 18.9. The molecule has 2 heterocycles. The van der Waals surface area contributed by atoms with Crippen molar-refractivity contribution in [1.29, 1.82) is 0 Å². The Morgan fingerprint density at radius 1 is 1.23 bits per heavy atom. The van der Waals surface area contributed by atoms with Gasteiger partial charge in [-0.15, -0.1) is 11.3 Å². The number of nitrogens with zero attached hydrogens (tertiary/aromatic N) is 1. The van der Waals surface area contributed by atoms with Crippen LogP contribution in [0.2, 0.25) is 0 Å². The van der Waals surface area contributed by atoms with Crippen LogP contribution >= 0.6 is 11.3 Å². The SMILES string of the molecule is C[C@@H]1Cc2ccsc2[C@H](C)N1CCNC(=O)c1ccc(S(C)(=O)=O)cc1. The predicted molar refractivity (Wildman–Crippen MR) is 104 cm³/mol. The lowest BCUT2D eigenvalue weighted by molar-refractivity contribution is 0.0930. The van der Waals surface area contributed by atoms with Gasteiger partial charge >= 0.3 is 0 Å². The molecule has 7 heteroatoms. The van der Waals surface area contributed by atoms with Crippen LogP contribution in [-0.2, 0) is 16.3 Å². The van der Waals surface area contributed by atoms with E-state index in [4.69, 9.17) is 0 Å². The Bertz CT molecular complexity index is 888. The second kappa shape index (κ2) is 7.50. The van der Waals surface area contributed by atoms with Gasteiger partial charge in [0, 0.05) is 41.9 Å². The summed E-state index contributed by atoms with van der Waals surface area (Å²) in [7, 11) is -3.25. The quantitative estimate of drug-likeness (QED) is 0.850. The Morgan fingerprint density at radius 3 is 2.58 bits per heavy atom. The van der Waals surface area contributed by atoms with Crippen LogP contribution in [0.1, 0.15) is 40.7 Å². The monoisotopic (exact) mass is 392 g/mol. The first kappa shape index (κ1) is 19.1. The number of rotatable bonds is 5. The first-order chi connectivity index (χ1) is 12.3. The number of hydrogen-bond acceptors (Lipinski definition) is 5. The molecule has 2 atom stereocenters. The van der Waals surface area contributed by atoms with Gasteiger partial charge in [-0.25, -0.2) is 8.42 Å². The maximum absolute atomic E-state index is 12.3. The number of fused-ring (bicyclic) bond motifs is 1. The fraction of sp³-hybridized carbons (Fsp3) is 0.421. The van der Waals surface area contributed by atoms with E-state index in [1.165, 1.54) is 22.6 Å². The number of amides is 1. The smallest absolute Gasteiger partial charge is 0.251 e. The van der Waals surface area contributed by atoms with E-state index >= 15 is 0 Å². The van der Waals surface area contributed by atoms with Gasteiger partial charge in [0.1, 0.15) is 0 Å². The average molecular weight is 393 g/mol. The lowest BCUT2D eigenvalue weighted by Gasteiger charge is -2.38. The molecular weight excluding hydrogens is 368 g/mol. The van der Waals surface area contributed by atoms with E-state index in [1.54, 1.807) is 23.5 Å². The molecule has 0 radical (unpaired) electrons. The van der Waals surface area contributed by atoms with Crippen molar-refractivity contribution in [1.82, 2.24) is 10.2 Å². The summed E-state index contributed by atoms with van der Waals surface area (Å²) in [6, 6.07) is 9.06. The Kier molecular flexibility index (Phi) is 5.50. The second-order valence-corrected chi connectivity index (χ2v) is 9.79. The summed E-state index contributed by atoms with van der Waals surface area (Å²) in [5, 5.41) is 5.09.